The van der Waals surface area contributed by atoms with Crippen LogP contribution in [0.5, 0.6) is 17.2 Å². The summed E-state index contributed by atoms with van der Waals surface area (Å²) in [5.74, 6) is 2.05. The van der Waals surface area contributed by atoms with Gasteiger partial charge in [-0.2, -0.15) is 9.78 Å². The number of hydrogen-bond acceptors (Lipinski definition) is 7. The van der Waals surface area contributed by atoms with Crippen LogP contribution in [0.2, 0.25) is 0 Å². The molecule has 0 bridgehead atoms. The number of amides is 1. The molecule has 2 aromatic carbocycles. The number of carbonyl (C=O) groups is 1. The van der Waals surface area contributed by atoms with Crippen molar-refractivity contribution in [1.82, 2.24) is 14.8 Å². The average Bonchev–Trinajstić information content (AvgIpc) is 3.45. The summed E-state index contributed by atoms with van der Waals surface area (Å²) in [7, 11) is 3.19. The molecule has 0 radical (unpaired) electrons. The first-order chi connectivity index (χ1) is 16.0. The SMILES string of the molecule is CCOc1ccccc1C(=O)Nc1cc(C)nn1-c1nc(-c2ccc(OC)c(OC)c2)cs1. The Hall–Kier alpha value is -3.85. The molecule has 170 valence electrons. The summed E-state index contributed by atoms with van der Waals surface area (Å²) in [5, 5.41) is 10.0. The second kappa shape index (κ2) is 9.74. The monoisotopic (exact) mass is 464 g/mol. The number of para-hydroxylation sites is 1. The molecule has 1 amide bonds. The van der Waals surface area contributed by atoms with Gasteiger partial charge in [0.15, 0.2) is 11.5 Å². The number of aryl methyl sites for hydroxylation is 1. The number of rotatable bonds is 8. The minimum atomic E-state index is -0.281. The summed E-state index contributed by atoms with van der Waals surface area (Å²) < 4.78 is 17.9. The Labute approximate surface area is 195 Å². The van der Waals surface area contributed by atoms with Gasteiger partial charge in [-0.25, -0.2) is 4.98 Å². The van der Waals surface area contributed by atoms with Crippen molar-refractivity contribution in [2.24, 2.45) is 0 Å². The molecule has 0 fully saturated rings. The maximum Gasteiger partial charge on any atom is 0.260 e. The number of nitrogens with one attached hydrogen (secondary N) is 1. The van der Waals surface area contributed by atoms with E-state index >= 15 is 0 Å². The lowest BCUT2D eigenvalue weighted by Gasteiger charge is -2.11. The highest BCUT2D eigenvalue weighted by atomic mass is 32.1. The molecule has 0 saturated heterocycles. The van der Waals surface area contributed by atoms with Gasteiger partial charge in [-0.3, -0.25) is 4.79 Å². The molecule has 8 nitrogen and oxygen atoms in total. The van der Waals surface area contributed by atoms with Gasteiger partial charge in [-0.15, -0.1) is 11.3 Å². The Bertz CT molecular complexity index is 1280. The first kappa shape index (κ1) is 22.3. The van der Waals surface area contributed by atoms with E-state index in [4.69, 9.17) is 19.2 Å². The quantitative estimate of drug-likeness (QED) is 0.396. The Morgan fingerprint density at radius 1 is 1.06 bits per heavy atom. The number of benzene rings is 2. The number of carbonyl (C=O) groups excluding carboxylic acids is 1. The smallest absolute Gasteiger partial charge is 0.260 e. The highest BCUT2D eigenvalue weighted by molar-refractivity contribution is 7.12. The molecule has 0 spiro atoms. The molecular weight excluding hydrogens is 440 g/mol. The van der Waals surface area contributed by atoms with Gasteiger partial charge in [-0.05, 0) is 44.2 Å². The van der Waals surface area contributed by atoms with Crippen LogP contribution in [0.4, 0.5) is 5.82 Å². The largest absolute Gasteiger partial charge is 0.493 e. The molecule has 0 atom stereocenters. The first-order valence-corrected chi connectivity index (χ1v) is 11.2. The predicted octanol–water partition coefficient (Wildman–Crippen LogP) is 4.97. The molecule has 4 rings (SSSR count). The summed E-state index contributed by atoms with van der Waals surface area (Å²) in [6, 6.07) is 14.6. The van der Waals surface area contributed by atoms with Crippen LogP contribution in [-0.4, -0.2) is 41.5 Å². The van der Waals surface area contributed by atoms with Crippen molar-refractivity contribution in [2.45, 2.75) is 13.8 Å². The number of nitrogens with zero attached hydrogens (tertiary/aromatic N) is 3. The minimum absolute atomic E-state index is 0.281. The van der Waals surface area contributed by atoms with E-state index in [0.717, 1.165) is 17.0 Å². The molecule has 33 heavy (non-hydrogen) atoms. The minimum Gasteiger partial charge on any atom is -0.493 e. The predicted molar refractivity (Wildman–Crippen MR) is 128 cm³/mol. The van der Waals surface area contributed by atoms with E-state index in [1.165, 1.54) is 11.3 Å². The highest BCUT2D eigenvalue weighted by Gasteiger charge is 2.18. The van der Waals surface area contributed by atoms with Gasteiger partial charge < -0.3 is 19.5 Å². The fourth-order valence-electron chi connectivity index (χ4n) is 3.34. The Kier molecular flexibility index (Phi) is 6.60. The van der Waals surface area contributed by atoms with E-state index in [0.29, 0.717) is 40.4 Å². The molecule has 4 aromatic rings. The van der Waals surface area contributed by atoms with Crippen LogP contribution >= 0.6 is 11.3 Å². The average molecular weight is 465 g/mol. The van der Waals surface area contributed by atoms with Crippen molar-refractivity contribution in [3.8, 4) is 33.6 Å². The van der Waals surface area contributed by atoms with E-state index < -0.39 is 0 Å². The van der Waals surface area contributed by atoms with Crippen molar-refractivity contribution in [3.05, 3.63) is 65.2 Å². The lowest BCUT2D eigenvalue weighted by atomic mass is 10.1. The first-order valence-electron chi connectivity index (χ1n) is 10.3. The number of aromatic nitrogens is 3. The van der Waals surface area contributed by atoms with E-state index in [1.54, 1.807) is 43.2 Å². The van der Waals surface area contributed by atoms with Crippen LogP contribution in [0.1, 0.15) is 23.0 Å². The van der Waals surface area contributed by atoms with Crippen LogP contribution < -0.4 is 19.5 Å². The summed E-state index contributed by atoms with van der Waals surface area (Å²) in [4.78, 5) is 17.7. The van der Waals surface area contributed by atoms with Gasteiger partial charge in [0, 0.05) is 17.0 Å². The molecular formula is C24H24N4O4S. The molecule has 0 aliphatic rings. The van der Waals surface area contributed by atoms with Gasteiger partial charge in [0.25, 0.3) is 5.91 Å². The molecule has 0 aliphatic heterocycles. The van der Waals surface area contributed by atoms with E-state index in [9.17, 15) is 4.79 Å². The molecule has 0 saturated carbocycles. The Morgan fingerprint density at radius 3 is 2.61 bits per heavy atom. The lowest BCUT2D eigenvalue weighted by Crippen LogP contribution is -2.16. The summed E-state index contributed by atoms with van der Waals surface area (Å²) in [5.41, 5.74) is 2.86. The van der Waals surface area contributed by atoms with Crippen molar-refractivity contribution < 1.29 is 19.0 Å². The number of hydrogen-bond donors (Lipinski definition) is 1. The number of anilines is 1. The zero-order chi connectivity index (χ0) is 23.4. The maximum absolute atomic E-state index is 13.0. The van der Waals surface area contributed by atoms with Crippen molar-refractivity contribution in [2.75, 3.05) is 26.1 Å². The Morgan fingerprint density at radius 2 is 1.85 bits per heavy atom. The van der Waals surface area contributed by atoms with E-state index in [-0.39, 0.29) is 5.91 Å². The van der Waals surface area contributed by atoms with Crippen LogP contribution in [0, 0.1) is 6.92 Å². The summed E-state index contributed by atoms with van der Waals surface area (Å²) in [6.07, 6.45) is 0. The molecule has 2 aromatic heterocycles. The topological polar surface area (TPSA) is 87.5 Å². The number of ether oxygens (including phenoxy) is 3. The third-order valence-electron chi connectivity index (χ3n) is 4.86. The number of thiazole rings is 1. The summed E-state index contributed by atoms with van der Waals surface area (Å²) >= 11 is 1.42. The van der Waals surface area contributed by atoms with Crippen LogP contribution in [0.25, 0.3) is 16.4 Å². The fourth-order valence-corrected chi connectivity index (χ4v) is 4.14. The van der Waals surface area contributed by atoms with Gasteiger partial charge in [0.1, 0.15) is 11.6 Å². The van der Waals surface area contributed by atoms with Gasteiger partial charge in [-0.1, -0.05) is 12.1 Å². The van der Waals surface area contributed by atoms with Crippen LogP contribution in [0.15, 0.2) is 53.9 Å². The van der Waals surface area contributed by atoms with Gasteiger partial charge in [0.05, 0.1) is 37.8 Å². The van der Waals surface area contributed by atoms with Crippen LogP contribution in [0.3, 0.4) is 0 Å². The Balaban J connectivity index is 1.63. The van der Waals surface area contributed by atoms with E-state index in [2.05, 4.69) is 10.4 Å². The third-order valence-corrected chi connectivity index (χ3v) is 5.67. The number of methoxy groups -OCH3 is 2. The zero-order valence-corrected chi connectivity index (χ0v) is 19.6. The standard InChI is InChI=1S/C24H24N4O4S/c1-5-32-19-9-7-6-8-17(19)23(29)26-22-12-15(2)27-28(22)24-25-18(14-33-24)16-10-11-20(30-3)21(13-16)31-4/h6-14H,5H2,1-4H3,(H,26,29). The molecule has 0 unspecified atom stereocenters. The third kappa shape index (κ3) is 4.68. The molecule has 2 heterocycles. The lowest BCUT2D eigenvalue weighted by molar-refractivity contribution is 0.102. The normalized spacial score (nSPS) is 10.7. The van der Waals surface area contributed by atoms with Crippen molar-refractivity contribution in [3.63, 3.8) is 0 Å². The zero-order valence-electron chi connectivity index (χ0n) is 18.8. The van der Waals surface area contributed by atoms with Crippen molar-refractivity contribution in [1.29, 1.82) is 0 Å². The summed E-state index contributed by atoms with van der Waals surface area (Å²) in [6.45, 7) is 4.22. The van der Waals surface area contributed by atoms with Crippen molar-refractivity contribution >= 4 is 23.1 Å². The second-order valence-electron chi connectivity index (χ2n) is 7.05. The van der Waals surface area contributed by atoms with Crippen LogP contribution in [-0.2, 0) is 0 Å². The van der Waals surface area contributed by atoms with Gasteiger partial charge >= 0.3 is 0 Å². The second-order valence-corrected chi connectivity index (χ2v) is 7.89. The molecule has 0 aliphatic carbocycles. The van der Waals surface area contributed by atoms with E-state index in [1.807, 2.05) is 43.5 Å². The van der Waals surface area contributed by atoms with Gasteiger partial charge in [0.2, 0.25) is 5.13 Å². The molecule has 9 heteroatoms. The molecule has 1 N–H and O–H groups in total. The highest BCUT2D eigenvalue weighted by Crippen LogP contribution is 2.33. The maximum atomic E-state index is 13.0. The fraction of sp³-hybridized carbons (Fsp3) is 0.208.